The van der Waals surface area contributed by atoms with Crippen LogP contribution in [-0.2, 0) is 11.3 Å². The molecule has 4 heteroatoms. The lowest BCUT2D eigenvalue weighted by molar-refractivity contribution is 0.0411. The molecule has 0 bridgehead atoms. The molecule has 1 atom stereocenters. The minimum absolute atomic E-state index is 0.627. The van der Waals surface area contributed by atoms with Crippen molar-refractivity contribution in [3.63, 3.8) is 0 Å². The molecule has 0 saturated carbocycles. The van der Waals surface area contributed by atoms with Crippen LogP contribution in [0, 0.1) is 5.92 Å². The Morgan fingerprint density at radius 3 is 3.00 bits per heavy atom. The van der Waals surface area contributed by atoms with Crippen LogP contribution < -0.4 is 5.73 Å². The predicted molar refractivity (Wildman–Crippen MR) is 75.7 cm³/mol. The molecule has 1 aliphatic rings. The van der Waals surface area contributed by atoms with Gasteiger partial charge in [0.1, 0.15) is 0 Å². The van der Waals surface area contributed by atoms with Gasteiger partial charge in [-0.3, -0.25) is 0 Å². The molecule has 0 aromatic heterocycles. The number of hydrogen-bond donors (Lipinski definition) is 1. The third-order valence-electron chi connectivity index (χ3n) is 3.34. The van der Waals surface area contributed by atoms with Gasteiger partial charge in [0.2, 0.25) is 0 Å². The van der Waals surface area contributed by atoms with Gasteiger partial charge in [-0.1, -0.05) is 17.7 Å². The lowest BCUT2D eigenvalue weighted by Gasteiger charge is -2.27. The second kappa shape index (κ2) is 6.41. The minimum atomic E-state index is 0.627. The Balaban J connectivity index is 1.85. The van der Waals surface area contributed by atoms with Crippen LogP contribution in [0.5, 0.6) is 0 Å². The molecule has 2 rings (SSSR count). The normalized spacial score (nSPS) is 20.3. The summed E-state index contributed by atoms with van der Waals surface area (Å²) in [7, 11) is 2.14. The molecule has 1 aromatic carbocycles. The van der Waals surface area contributed by atoms with Gasteiger partial charge in [0.05, 0.1) is 17.3 Å². The lowest BCUT2D eigenvalue weighted by Crippen LogP contribution is -2.30. The van der Waals surface area contributed by atoms with Crippen molar-refractivity contribution in [3.05, 3.63) is 28.8 Å². The van der Waals surface area contributed by atoms with Crippen molar-refractivity contribution >= 4 is 17.3 Å². The number of nitrogen functional groups attached to an aromatic ring is 1. The average Bonchev–Trinajstić information content (AvgIpc) is 2.35. The molecule has 100 valence electrons. The highest BCUT2D eigenvalue weighted by atomic mass is 35.5. The summed E-state index contributed by atoms with van der Waals surface area (Å²) < 4.78 is 5.50. The Morgan fingerprint density at radius 1 is 1.50 bits per heavy atom. The fourth-order valence-electron chi connectivity index (χ4n) is 2.46. The summed E-state index contributed by atoms with van der Waals surface area (Å²) in [4.78, 5) is 2.32. The van der Waals surface area contributed by atoms with E-state index in [1.165, 1.54) is 18.4 Å². The quantitative estimate of drug-likeness (QED) is 0.854. The van der Waals surface area contributed by atoms with Crippen molar-refractivity contribution in [2.75, 3.05) is 32.5 Å². The maximum Gasteiger partial charge on any atom is 0.0635 e. The second-order valence-electron chi connectivity index (χ2n) is 5.14. The molecule has 18 heavy (non-hydrogen) atoms. The molecule has 0 amide bonds. The zero-order chi connectivity index (χ0) is 13.0. The van der Waals surface area contributed by atoms with Crippen LogP contribution in [0.4, 0.5) is 5.69 Å². The van der Waals surface area contributed by atoms with Gasteiger partial charge in [-0.2, -0.15) is 0 Å². The van der Waals surface area contributed by atoms with Gasteiger partial charge in [0.15, 0.2) is 0 Å². The topological polar surface area (TPSA) is 38.5 Å². The van der Waals surface area contributed by atoms with Crippen molar-refractivity contribution < 1.29 is 4.74 Å². The van der Waals surface area contributed by atoms with Crippen LogP contribution in [0.2, 0.25) is 5.02 Å². The molecule has 3 nitrogen and oxygen atoms in total. The number of nitrogens with zero attached hydrogens (tertiary/aromatic N) is 1. The fraction of sp³-hybridized carbons (Fsp3) is 0.571. The van der Waals surface area contributed by atoms with Gasteiger partial charge in [-0.15, -0.1) is 0 Å². The lowest BCUT2D eigenvalue weighted by atomic mass is 10.0. The molecular weight excluding hydrogens is 248 g/mol. The van der Waals surface area contributed by atoms with Gasteiger partial charge in [-0.05, 0) is 43.5 Å². The van der Waals surface area contributed by atoms with E-state index >= 15 is 0 Å². The first-order valence-electron chi connectivity index (χ1n) is 6.45. The monoisotopic (exact) mass is 268 g/mol. The Labute approximate surface area is 114 Å². The zero-order valence-corrected chi connectivity index (χ0v) is 11.6. The van der Waals surface area contributed by atoms with Crippen molar-refractivity contribution in [1.29, 1.82) is 0 Å². The first-order chi connectivity index (χ1) is 8.65. The molecule has 1 aromatic rings. The van der Waals surface area contributed by atoms with E-state index in [1.807, 2.05) is 18.2 Å². The highest BCUT2D eigenvalue weighted by Crippen LogP contribution is 2.21. The first-order valence-corrected chi connectivity index (χ1v) is 6.83. The summed E-state index contributed by atoms with van der Waals surface area (Å²) in [6.07, 6.45) is 2.46. The molecule has 1 aliphatic heterocycles. The fourth-order valence-corrected chi connectivity index (χ4v) is 2.58. The summed E-state index contributed by atoms with van der Waals surface area (Å²) in [6, 6.07) is 5.85. The maximum atomic E-state index is 5.92. The molecule has 1 fully saturated rings. The Kier molecular flexibility index (Phi) is 4.87. The highest BCUT2D eigenvalue weighted by molar-refractivity contribution is 6.33. The van der Waals surface area contributed by atoms with Crippen molar-refractivity contribution in [2.24, 2.45) is 5.92 Å². The van der Waals surface area contributed by atoms with E-state index in [2.05, 4.69) is 11.9 Å². The molecule has 1 heterocycles. The molecule has 0 radical (unpaired) electrons. The van der Waals surface area contributed by atoms with Crippen LogP contribution in [0.25, 0.3) is 0 Å². The van der Waals surface area contributed by atoms with Crippen LogP contribution >= 0.6 is 11.6 Å². The Hall–Kier alpha value is -0.770. The molecule has 0 spiro atoms. The number of benzene rings is 1. The van der Waals surface area contributed by atoms with E-state index < -0.39 is 0 Å². The van der Waals surface area contributed by atoms with Crippen LogP contribution in [0.1, 0.15) is 18.4 Å². The summed E-state index contributed by atoms with van der Waals surface area (Å²) in [5, 5.41) is 0.627. The average molecular weight is 269 g/mol. The van der Waals surface area contributed by atoms with E-state index in [0.29, 0.717) is 16.6 Å². The van der Waals surface area contributed by atoms with Crippen LogP contribution in [0.15, 0.2) is 18.2 Å². The van der Waals surface area contributed by atoms with E-state index in [4.69, 9.17) is 22.1 Å². The zero-order valence-electron chi connectivity index (χ0n) is 10.9. The number of halogens is 1. The van der Waals surface area contributed by atoms with Gasteiger partial charge in [-0.25, -0.2) is 0 Å². The third kappa shape index (κ3) is 3.87. The van der Waals surface area contributed by atoms with E-state index in [-0.39, 0.29) is 0 Å². The summed E-state index contributed by atoms with van der Waals surface area (Å²) in [6.45, 7) is 3.79. The number of hydrogen-bond acceptors (Lipinski definition) is 3. The van der Waals surface area contributed by atoms with Gasteiger partial charge >= 0.3 is 0 Å². The molecule has 2 N–H and O–H groups in total. The third-order valence-corrected chi connectivity index (χ3v) is 3.68. The Bertz CT molecular complexity index is 391. The first kappa shape index (κ1) is 13.7. The molecule has 1 saturated heterocycles. The number of anilines is 1. The maximum absolute atomic E-state index is 5.92. The number of nitrogens with two attached hydrogens (primary N) is 1. The second-order valence-corrected chi connectivity index (χ2v) is 5.54. The summed E-state index contributed by atoms with van der Waals surface area (Å²) in [5.74, 6) is 0.661. The number of ether oxygens (including phenoxy) is 1. The van der Waals surface area contributed by atoms with E-state index in [9.17, 15) is 0 Å². The summed E-state index contributed by atoms with van der Waals surface area (Å²) >= 11 is 5.92. The smallest absolute Gasteiger partial charge is 0.0635 e. The van der Waals surface area contributed by atoms with Crippen LogP contribution in [-0.4, -0.2) is 31.7 Å². The minimum Gasteiger partial charge on any atom is -0.398 e. The molecule has 0 aliphatic carbocycles. The van der Waals surface area contributed by atoms with E-state index in [1.54, 1.807) is 0 Å². The number of rotatable bonds is 4. The van der Waals surface area contributed by atoms with E-state index in [0.717, 1.165) is 26.3 Å². The highest BCUT2D eigenvalue weighted by Gasteiger charge is 2.15. The standard InChI is InChI=1S/C14H21ClN2O/c1-17(9-12-3-2-6-18-10-12)8-11-4-5-13(15)14(16)7-11/h4-5,7,12H,2-3,6,8-10,16H2,1H3. The molecule has 1 unspecified atom stereocenters. The van der Waals surface area contributed by atoms with Crippen molar-refractivity contribution in [3.8, 4) is 0 Å². The van der Waals surface area contributed by atoms with Gasteiger partial charge < -0.3 is 15.4 Å². The Morgan fingerprint density at radius 2 is 2.33 bits per heavy atom. The van der Waals surface area contributed by atoms with Crippen molar-refractivity contribution in [1.82, 2.24) is 4.90 Å². The van der Waals surface area contributed by atoms with Crippen LogP contribution in [0.3, 0.4) is 0 Å². The molecular formula is C14H21ClN2O. The SMILES string of the molecule is CN(Cc1ccc(Cl)c(N)c1)CC1CCCOC1. The van der Waals surface area contributed by atoms with Gasteiger partial charge in [0.25, 0.3) is 0 Å². The van der Waals surface area contributed by atoms with Crippen molar-refractivity contribution in [2.45, 2.75) is 19.4 Å². The summed E-state index contributed by atoms with van der Waals surface area (Å²) in [5.41, 5.74) is 7.67. The largest absolute Gasteiger partial charge is 0.398 e. The predicted octanol–water partition coefficient (Wildman–Crippen LogP) is 2.78. The van der Waals surface area contributed by atoms with Gasteiger partial charge in [0, 0.05) is 19.7 Å².